The zero-order valence-corrected chi connectivity index (χ0v) is 14.4. The summed E-state index contributed by atoms with van der Waals surface area (Å²) in [4.78, 5) is 14.9. The van der Waals surface area contributed by atoms with Crippen molar-refractivity contribution in [1.82, 2.24) is 4.90 Å². The van der Waals surface area contributed by atoms with Gasteiger partial charge in [-0.2, -0.15) is 0 Å². The Labute approximate surface area is 144 Å². The van der Waals surface area contributed by atoms with Crippen LogP contribution in [0.1, 0.15) is 43.0 Å². The molecule has 5 nitrogen and oxygen atoms in total. The largest absolute Gasteiger partial charge is 0.490 e. The third-order valence-electron chi connectivity index (χ3n) is 5.05. The van der Waals surface area contributed by atoms with Gasteiger partial charge in [-0.25, -0.2) is 0 Å². The molecule has 2 N–H and O–H groups in total. The van der Waals surface area contributed by atoms with Crippen LogP contribution in [0, 0.1) is 5.92 Å². The molecule has 0 aliphatic carbocycles. The Hall–Kier alpha value is -1.59. The van der Waals surface area contributed by atoms with E-state index in [0.717, 1.165) is 45.4 Å². The average Bonchev–Trinajstić information content (AvgIpc) is 3.13. The molecule has 2 aliphatic rings. The fourth-order valence-corrected chi connectivity index (χ4v) is 3.52. The highest BCUT2D eigenvalue weighted by Gasteiger charge is 2.28. The first-order valence-corrected chi connectivity index (χ1v) is 9.03. The first-order valence-electron chi connectivity index (χ1n) is 9.03. The van der Waals surface area contributed by atoms with Crippen molar-refractivity contribution in [2.24, 2.45) is 11.7 Å². The zero-order valence-electron chi connectivity index (χ0n) is 14.4. The fourth-order valence-electron chi connectivity index (χ4n) is 3.52. The lowest BCUT2D eigenvalue weighted by molar-refractivity contribution is 0.0613. The Morgan fingerprint density at radius 3 is 2.96 bits per heavy atom. The molecule has 1 amide bonds. The Balaban J connectivity index is 1.67. The molecular weight excluding hydrogens is 304 g/mol. The molecule has 3 atom stereocenters. The Morgan fingerprint density at radius 1 is 1.38 bits per heavy atom. The number of carbonyl (C=O) groups is 1. The summed E-state index contributed by atoms with van der Waals surface area (Å²) < 4.78 is 11.5. The van der Waals surface area contributed by atoms with E-state index in [2.05, 4.69) is 0 Å². The van der Waals surface area contributed by atoms with Crippen LogP contribution in [0.3, 0.4) is 0 Å². The van der Waals surface area contributed by atoms with Gasteiger partial charge in [0.15, 0.2) is 0 Å². The molecule has 3 rings (SSSR count). The lowest BCUT2D eigenvalue weighted by Crippen LogP contribution is -2.45. The van der Waals surface area contributed by atoms with Gasteiger partial charge in [0.1, 0.15) is 12.4 Å². The third kappa shape index (κ3) is 4.08. The molecule has 2 heterocycles. The number of hydrogen-bond donors (Lipinski definition) is 1. The minimum Gasteiger partial charge on any atom is -0.490 e. The number of rotatable bonds is 5. The number of carbonyl (C=O) groups excluding carboxylic acids is 1. The Morgan fingerprint density at radius 2 is 2.21 bits per heavy atom. The third-order valence-corrected chi connectivity index (χ3v) is 5.05. The molecule has 0 spiro atoms. The summed E-state index contributed by atoms with van der Waals surface area (Å²) in [6.07, 6.45) is 4.36. The standard InChI is InChI=1S/C19H28N2O3/c1-14(20)15-6-4-10-21(12-15)19(22)17-8-2-3-9-18(17)24-13-16-7-5-11-23-16/h2-3,8-9,14-16H,4-7,10-13,20H2,1H3/t14-,15-,16-/m0/s1. The van der Waals surface area contributed by atoms with Crippen molar-refractivity contribution < 1.29 is 14.3 Å². The molecule has 132 valence electrons. The van der Waals surface area contributed by atoms with Gasteiger partial charge in [-0.15, -0.1) is 0 Å². The van der Waals surface area contributed by atoms with Crippen molar-refractivity contribution in [2.45, 2.75) is 44.8 Å². The molecular formula is C19H28N2O3. The SMILES string of the molecule is C[C@H](N)[C@H]1CCCN(C(=O)c2ccccc2OC[C@@H]2CCCO2)C1. The van der Waals surface area contributed by atoms with Crippen LogP contribution in [0.2, 0.25) is 0 Å². The summed E-state index contributed by atoms with van der Waals surface area (Å²) >= 11 is 0. The van der Waals surface area contributed by atoms with Crippen LogP contribution >= 0.6 is 0 Å². The van der Waals surface area contributed by atoms with Gasteiger partial charge >= 0.3 is 0 Å². The number of para-hydroxylation sites is 1. The molecule has 1 aromatic rings. The number of hydrogen-bond acceptors (Lipinski definition) is 4. The van der Waals surface area contributed by atoms with Gasteiger partial charge in [0.2, 0.25) is 0 Å². The maximum Gasteiger partial charge on any atom is 0.257 e. The zero-order chi connectivity index (χ0) is 16.9. The maximum atomic E-state index is 13.0. The molecule has 0 radical (unpaired) electrons. The van der Waals surface area contributed by atoms with Crippen LogP contribution in [-0.2, 0) is 4.74 Å². The van der Waals surface area contributed by atoms with Gasteiger partial charge in [-0.05, 0) is 50.7 Å². The van der Waals surface area contributed by atoms with Crippen molar-refractivity contribution >= 4 is 5.91 Å². The summed E-state index contributed by atoms with van der Waals surface area (Å²) in [6.45, 7) is 4.86. The second-order valence-electron chi connectivity index (χ2n) is 6.95. The number of amides is 1. The summed E-state index contributed by atoms with van der Waals surface area (Å²) in [5, 5.41) is 0. The summed E-state index contributed by atoms with van der Waals surface area (Å²) in [6, 6.07) is 7.63. The van der Waals surface area contributed by atoms with E-state index < -0.39 is 0 Å². The van der Waals surface area contributed by atoms with Gasteiger partial charge in [-0.3, -0.25) is 4.79 Å². The van der Waals surface area contributed by atoms with Crippen LogP contribution < -0.4 is 10.5 Å². The van der Waals surface area contributed by atoms with Crippen LogP contribution in [-0.4, -0.2) is 49.3 Å². The minimum atomic E-state index is 0.0447. The first-order chi connectivity index (χ1) is 11.6. The van der Waals surface area contributed by atoms with Crippen molar-refractivity contribution in [1.29, 1.82) is 0 Å². The normalized spacial score (nSPS) is 25.5. The minimum absolute atomic E-state index is 0.0447. The highest BCUT2D eigenvalue weighted by molar-refractivity contribution is 5.97. The molecule has 2 aliphatic heterocycles. The maximum absolute atomic E-state index is 13.0. The molecule has 0 saturated carbocycles. The smallest absolute Gasteiger partial charge is 0.257 e. The summed E-state index contributed by atoms with van der Waals surface area (Å²) in [5.41, 5.74) is 6.68. The van der Waals surface area contributed by atoms with Crippen LogP contribution in [0.4, 0.5) is 0 Å². The van der Waals surface area contributed by atoms with E-state index in [1.807, 2.05) is 36.1 Å². The predicted molar refractivity (Wildman–Crippen MR) is 93.2 cm³/mol. The molecule has 0 aromatic heterocycles. The number of nitrogens with zero attached hydrogens (tertiary/aromatic N) is 1. The van der Waals surface area contributed by atoms with Crippen LogP contribution in [0.25, 0.3) is 0 Å². The van der Waals surface area contributed by atoms with E-state index in [0.29, 0.717) is 23.8 Å². The van der Waals surface area contributed by atoms with Gasteiger partial charge in [-0.1, -0.05) is 12.1 Å². The second-order valence-corrected chi connectivity index (χ2v) is 6.95. The van der Waals surface area contributed by atoms with Crippen molar-refractivity contribution in [3.63, 3.8) is 0 Å². The number of piperidine rings is 1. The first kappa shape index (κ1) is 17.2. The molecule has 24 heavy (non-hydrogen) atoms. The topological polar surface area (TPSA) is 64.8 Å². The monoisotopic (exact) mass is 332 g/mol. The number of ether oxygens (including phenoxy) is 2. The van der Waals surface area contributed by atoms with E-state index in [4.69, 9.17) is 15.2 Å². The number of benzene rings is 1. The molecule has 0 bridgehead atoms. The molecule has 2 fully saturated rings. The Kier molecular flexibility index (Phi) is 5.74. The van der Waals surface area contributed by atoms with E-state index in [-0.39, 0.29) is 18.1 Å². The van der Waals surface area contributed by atoms with E-state index in [1.54, 1.807) is 0 Å². The molecule has 5 heteroatoms. The molecule has 0 unspecified atom stereocenters. The van der Waals surface area contributed by atoms with Gasteiger partial charge in [0.25, 0.3) is 5.91 Å². The lowest BCUT2D eigenvalue weighted by atomic mass is 9.92. The van der Waals surface area contributed by atoms with Crippen molar-refractivity contribution in [3.05, 3.63) is 29.8 Å². The molecule has 1 aromatic carbocycles. The number of likely N-dealkylation sites (tertiary alicyclic amines) is 1. The average molecular weight is 332 g/mol. The highest BCUT2D eigenvalue weighted by Crippen LogP contribution is 2.25. The second kappa shape index (κ2) is 7.99. The van der Waals surface area contributed by atoms with Crippen LogP contribution in [0.5, 0.6) is 5.75 Å². The summed E-state index contributed by atoms with van der Waals surface area (Å²) in [5.74, 6) is 1.08. The van der Waals surface area contributed by atoms with E-state index in [1.165, 1.54) is 0 Å². The van der Waals surface area contributed by atoms with Crippen molar-refractivity contribution in [2.75, 3.05) is 26.3 Å². The van der Waals surface area contributed by atoms with Gasteiger partial charge in [0, 0.05) is 25.7 Å². The fraction of sp³-hybridized carbons (Fsp3) is 0.632. The Bertz CT molecular complexity index is 555. The van der Waals surface area contributed by atoms with E-state index in [9.17, 15) is 4.79 Å². The van der Waals surface area contributed by atoms with E-state index >= 15 is 0 Å². The number of nitrogens with two attached hydrogens (primary N) is 1. The van der Waals surface area contributed by atoms with Gasteiger partial charge in [0.05, 0.1) is 11.7 Å². The lowest BCUT2D eigenvalue weighted by Gasteiger charge is -2.35. The highest BCUT2D eigenvalue weighted by atomic mass is 16.5. The summed E-state index contributed by atoms with van der Waals surface area (Å²) in [7, 11) is 0. The van der Waals surface area contributed by atoms with Crippen molar-refractivity contribution in [3.8, 4) is 5.75 Å². The predicted octanol–water partition coefficient (Wildman–Crippen LogP) is 2.44. The molecule has 2 saturated heterocycles. The van der Waals surface area contributed by atoms with Crippen LogP contribution in [0.15, 0.2) is 24.3 Å². The van der Waals surface area contributed by atoms with Gasteiger partial charge < -0.3 is 20.1 Å². The quantitative estimate of drug-likeness (QED) is 0.899.